The number of aromatic nitrogens is 2. The van der Waals surface area contributed by atoms with Crippen molar-refractivity contribution in [3.05, 3.63) is 46.2 Å². The third kappa shape index (κ3) is 2.06. The molecule has 0 bridgehead atoms. The largest absolute Gasteiger partial charge is 0.315 e. The molecule has 17 heavy (non-hydrogen) atoms. The molecule has 1 N–H and O–H groups in total. The summed E-state index contributed by atoms with van der Waals surface area (Å²) in [6.45, 7) is 2.01. The Morgan fingerprint density at radius 1 is 1.24 bits per heavy atom. The first kappa shape index (κ1) is 11.1. The smallest absolute Gasteiger partial charge is 0.0832 e. The molecule has 1 aliphatic rings. The summed E-state index contributed by atoms with van der Waals surface area (Å²) in [5.74, 6) is 0.530. The molecule has 1 aromatic heterocycles. The van der Waals surface area contributed by atoms with E-state index in [4.69, 9.17) is 23.2 Å². The van der Waals surface area contributed by atoms with Gasteiger partial charge in [-0.3, -0.25) is 0 Å². The van der Waals surface area contributed by atoms with E-state index < -0.39 is 0 Å². The van der Waals surface area contributed by atoms with Gasteiger partial charge in [-0.2, -0.15) is 5.10 Å². The highest BCUT2D eigenvalue weighted by Crippen LogP contribution is 2.25. The summed E-state index contributed by atoms with van der Waals surface area (Å²) in [5.41, 5.74) is 1.96. The van der Waals surface area contributed by atoms with E-state index in [1.165, 1.54) is 0 Å². The Kier molecular flexibility index (Phi) is 2.82. The van der Waals surface area contributed by atoms with Crippen LogP contribution in [0, 0.1) is 0 Å². The molecular weight excluding hydrogens is 257 g/mol. The van der Waals surface area contributed by atoms with Crippen LogP contribution in [0.4, 0.5) is 0 Å². The zero-order chi connectivity index (χ0) is 11.8. The predicted molar refractivity (Wildman–Crippen MR) is 69.2 cm³/mol. The van der Waals surface area contributed by atoms with E-state index in [0.29, 0.717) is 16.0 Å². The fraction of sp³-hybridized carbons (Fsp3) is 0.250. The number of halogens is 2. The molecule has 5 heteroatoms. The van der Waals surface area contributed by atoms with Crippen molar-refractivity contribution in [2.75, 3.05) is 13.1 Å². The van der Waals surface area contributed by atoms with Crippen LogP contribution in [0.15, 0.2) is 30.5 Å². The minimum absolute atomic E-state index is 0.530. The summed E-state index contributed by atoms with van der Waals surface area (Å²) in [5, 5.41) is 9.02. The van der Waals surface area contributed by atoms with Crippen LogP contribution in [0.2, 0.25) is 10.0 Å². The van der Waals surface area contributed by atoms with Gasteiger partial charge in [-0.05, 0) is 24.3 Å². The van der Waals surface area contributed by atoms with Crippen molar-refractivity contribution in [2.24, 2.45) is 0 Å². The predicted octanol–water partition coefficient (Wildman–Crippen LogP) is 2.87. The van der Waals surface area contributed by atoms with Crippen molar-refractivity contribution < 1.29 is 0 Å². The molecule has 0 aliphatic carbocycles. The van der Waals surface area contributed by atoms with Gasteiger partial charge >= 0.3 is 0 Å². The zero-order valence-electron chi connectivity index (χ0n) is 9.03. The molecule has 2 heterocycles. The van der Waals surface area contributed by atoms with Crippen LogP contribution in [0.25, 0.3) is 5.69 Å². The van der Waals surface area contributed by atoms with E-state index in [0.717, 1.165) is 24.5 Å². The van der Waals surface area contributed by atoms with Gasteiger partial charge in [-0.15, -0.1) is 0 Å². The fourth-order valence-electron chi connectivity index (χ4n) is 1.85. The third-order valence-electron chi connectivity index (χ3n) is 2.97. The van der Waals surface area contributed by atoms with Gasteiger partial charge in [0.1, 0.15) is 0 Å². The third-order valence-corrected chi connectivity index (χ3v) is 3.50. The second-order valence-electron chi connectivity index (χ2n) is 4.14. The van der Waals surface area contributed by atoms with Gasteiger partial charge in [0, 0.05) is 30.2 Å². The van der Waals surface area contributed by atoms with Gasteiger partial charge in [0.25, 0.3) is 0 Å². The fourth-order valence-corrected chi connectivity index (χ4v) is 2.35. The molecule has 0 radical (unpaired) electrons. The lowest BCUT2D eigenvalue weighted by atomic mass is 10.0. The van der Waals surface area contributed by atoms with Crippen LogP contribution in [0.5, 0.6) is 0 Å². The highest BCUT2D eigenvalue weighted by molar-refractivity contribution is 6.35. The maximum atomic E-state index is 6.14. The van der Waals surface area contributed by atoms with Gasteiger partial charge < -0.3 is 5.32 Å². The van der Waals surface area contributed by atoms with E-state index in [9.17, 15) is 0 Å². The summed E-state index contributed by atoms with van der Waals surface area (Å²) >= 11 is 12.0. The molecular formula is C12H11Cl2N3. The van der Waals surface area contributed by atoms with Crippen molar-refractivity contribution in [3.8, 4) is 5.69 Å². The van der Waals surface area contributed by atoms with Crippen LogP contribution in [-0.2, 0) is 0 Å². The number of hydrogen-bond acceptors (Lipinski definition) is 2. The maximum Gasteiger partial charge on any atom is 0.0832 e. The molecule has 0 atom stereocenters. The van der Waals surface area contributed by atoms with Crippen LogP contribution in [0.1, 0.15) is 11.6 Å². The average molecular weight is 268 g/mol. The summed E-state index contributed by atoms with van der Waals surface area (Å²) in [6.07, 6.45) is 1.93. The van der Waals surface area contributed by atoms with Gasteiger partial charge in [0.15, 0.2) is 0 Å². The summed E-state index contributed by atoms with van der Waals surface area (Å²) < 4.78 is 1.80. The molecule has 3 rings (SSSR count). The van der Waals surface area contributed by atoms with E-state index in [-0.39, 0.29) is 0 Å². The maximum absolute atomic E-state index is 6.14. The molecule has 3 nitrogen and oxygen atoms in total. The average Bonchev–Trinajstić information content (AvgIpc) is 2.64. The number of benzene rings is 1. The number of nitrogens with zero attached hydrogens (tertiary/aromatic N) is 2. The molecule has 0 saturated carbocycles. The Hall–Kier alpha value is -1.03. The topological polar surface area (TPSA) is 29.9 Å². The molecule has 1 fully saturated rings. The number of nitrogens with one attached hydrogen (secondary N) is 1. The Morgan fingerprint density at radius 2 is 2.06 bits per heavy atom. The van der Waals surface area contributed by atoms with Crippen molar-refractivity contribution in [3.63, 3.8) is 0 Å². The zero-order valence-corrected chi connectivity index (χ0v) is 10.5. The van der Waals surface area contributed by atoms with Crippen LogP contribution in [-0.4, -0.2) is 22.9 Å². The Balaban J connectivity index is 1.94. The molecule has 88 valence electrons. The number of hydrogen-bond donors (Lipinski definition) is 1. The van der Waals surface area contributed by atoms with E-state index in [1.54, 1.807) is 10.7 Å². The van der Waals surface area contributed by atoms with Gasteiger partial charge in [0.2, 0.25) is 0 Å². The molecule has 1 saturated heterocycles. The van der Waals surface area contributed by atoms with E-state index in [2.05, 4.69) is 10.4 Å². The van der Waals surface area contributed by atoms with E-state index in [1.807, 2.05) is 24.4 Å². The van der Waals surface area contributed by atoms with Crippen molar-refractivity contribution in [1.82, 2.24) is 15.1 Å². The van der Waals surface area contributed by atoms with Gasteiger partial charge in [-0.1, -0.05) is 23.2 Å². The quantitative estimate of drug-likeness (QED) is 0.907. The lowest BCUT2D eigenvalue weighted by molar-refractivity contribution is 0.437. The second-order valence-corrected chi connectivity index (χ2v) is 4.98. The highest BCUT2D eigenvalue weighted by atomic mass is 35.5. The molecule has 1 aromatic carbocycles. The van der Waals surface area contributed by atoms with E-state index >= 15 is 0 Å². The molecule has 1 aliphatic heterocycles. The molecule has 2 aromatic rings. The lowest BCUT2D eigenvalue weighted by Crippen LogP contribution is -2.40. The second kappa shape index (κ2) is 4.33. The van der Waals surface area contributed by atoms with Crippen molar-refractivity contribution >= 4 is 23.2 Å². The first-order valence-corrected chi connectivity index (χ1v) is 6.21. The minimum atomic E-state index is 0.530. The van der Waals surface area contributed by atoms with Crippen molar-refractivity contribution in [2.45, 2.75) is 5.92 Å². The SMILES string of the molecule is Clc1ccc(-n2ccc(C3CNC3)n2)c(Cl)c1. The van der Waals surface area contributed by atoms with Gasteiger partial charge in [-0.25, -0.2) is 4.68 Å². The van der Waals surface area contributed by atoms with Crippen LogP contribution < -0.4 is 5.32 Å². The monoisotopic (exact) mass is 267 g/mol. The summed E-state index contributed by atoms with van der Waals surface area (Å²) in [6, 6.07) is 7.45. The first-order valence-electron chi connectivity index (χ1n) is 5.46. The lowest BCUT2D eigenvalue weighted by Gasteiger charge is -2.25. The Labute approximate surface area is 109 Å². The normalized spacial score (nSPS) is 15.9. The van der Waals surface area contributed by atoms with Gasteiger partial charge in [0.05, 0.1) is 16.4 Å². The molecule has 0 spiro atoms. The highest BCUT2D eigenvalue weighted by Gasteiger charge is 2.21. The standard InChI is InChI=1S/C12H11Cl2N3/c13-9-1-2-12(10(14)5-9)17-4-3-11(16-17)8-6-15-7-8/h1-5,8,15H,6-7H2. The number of rotatable bonds is 2. The van der Waals surface area contributed by atoms with Crippen molar-refractivity contribution in [1.29, 1.82) is 0 Å². The first-order chi connectivity index (χ1) is 8.24. The van der Waals surface area contributed by atoms with Crippen LogP contribution >= 0.6 is 23.2 Å². The Bertz CT molecular complexity index is 546. The molecule has 0 amide bonds. The summed E-state index contributed by atoms with van der Waals surface area (Å²) in [4.78, 5) is 0. The molecule has 0 unspecified atom stereocenters. The Morgan fingerprint density at radius 3 is 2.71 bits per heavy atom. The minimum Gasteiger partial charge on any atom is -0.315 e. The summed E-state index contributed by atoms with van der Waals surface area (Å²) in [7, 11) is 0. The van der Waals surface area contributed by atoms with Crippen LogP contribution in [0.3, 0.4) is 0 Å².